The molecule has 1 heterocycles. The van der Waals surface area contributed by atoms with Gasteiger partial charge in [0.1, 0.15) is 11.5 Å². The van der Waals surface area contributed by atoms with E-state index >= 15 is 0 Å². The summed E-state index contributed by atoms with van der Waals surface area (Å²) >= 11 is 6.53. The van der Waals surface area contributed by atoms with Crippen LogP contribution >= 0.6 is 11.6 Å². The molecule has 0 aliphatic rings. The third-order valence-electron chi connectivity index (χ3n) is 6.82. The maximum absolute atomic E-state index is 11.4. The minimum Gasteiger partial charge on any atom is -0.508 e. The van der Waals surface area contributed by atoms with Crippen LogP contribution in [0.1, 0.15) is 22.6 Å². The molecule has 0 radical (unpaired) electrons. The van der Waals surface area contributed by atoms with Crippen LogP contribution in [-0.2, 0) is 0 Å². The van der Waals surface area contributed by atoms with Gasteiger partial charge in [0.05, 0.1) is 12.8 Å². The van der Waals surface area contributed by atoms with Crippen molar-refractivity contribution < 1.29 is 9.84 Å². The SMILES string of the molecule is COc1ccc2ccc(O)c([C@H](c3cccc(Cl)c3)c3c(-c4ccccc4)[nH]c4ccccc34)c2c1. The number of H-pyrrole nitrogens is 1. The topological polar surface area (TPSA) is 45.2 Å². The zero-order valence-electron chi connectivity index (χ0n) is 19.7. The van der Waals surface area contributed by atoms with E-state index in [1.165, 1.54) is 0 Å². The predicted molar refractivity (Wildman–Crippen MR) is 148 cm³/mol. The molecule has 6 rings (SSSR count). The molecule has 36 heavy (non-hydrogen) atoms. The molecular formula is C32H24ClNO2. The molecular weight excluding hydrogens is 466 g/mol. The van der Waals surface area contributed by atoms with Gasteiger partial charge in [-0.2, -0.15) is 0 Å². The van der Waals surface area contributed by atoms with Crippen molar-refractivity contribution in [2.45, 2.75) is 5.92 Å². The van der Waals surface area contributed by atoms with Crippen molar-refractivity contribution in [3.8, 4) is 22.8 Å². The molecule has 1 atom stereocenters. The number of hydrogen-bond acceptors (Lipinski definition) is 2. The highest BCUT2D eigenvalue weighted by atomic mass is 35.5. The van der Waals surface area contributed by atoms with E-state index in [2.05, 4.69) is 41.4 Å². The molecule has 1 aromatic heterocycles. The smallest absolute Gasteiger partial charge is 0.120 e. The van der Waals surface area contributed by atoms with Crippen molar-refractivity contribution in [2.24, 2.45) is 0 Å². The Morgan fingerprint density at radius 3 is 2.33 bits per heavy atom. The summed E-state index contributed by atoms with van der Waals surface area (Å²) in [5.41, 5.74) is 6.03. The van der Waals surface area contributed by atoms with Crippen LogP contribution in [0.5, 0.6) is 11.5 Å². The Kier molecular flexibility index (Phi) is 5.63. The Morgan fingerprint density at radius 1 is 0.750 bits per heavy atom. The molecule has 176 valence electrons. The van der Waals surface area contributed by atoms with Gasteiger partial charge in [0, 0.05) is 27.4 Å². The number of methoxy groups -OCH3 is 1. The van der Waals surface area contributed by atoms with Gasteiger partial charge in [-0.3, -0.25) is 0 Å². The molecule has 3 nitrogen and oxygen atoms in total. The van der Waals surface area contributed by atoms with Crippen molar-refractivity contribution in [3.05, 3.63) is 131 Å². The lowest BCUT2D eigenvalue weighted by molar-refractivity contribution is 0.415. The van der Waals surface area contributed by atoms with E-state index in [1.54, 1.807) is 13.2 Å². The quantitative estimate of drug-likeness (QED) is 0.255. The predicted octanol–water partition coefficient (Wildman–Crippen LogP) is 8.54. The highest BCUT2D eigenvalue weighted by Crippen LogP contribution is 2.47. The second-order valence-corrected chi connectivity index (χ2v) is 9.34. The summed E-state index contributed by atoms with van der Waals surface area (Å²) < 4.78 is 5.57. The summed E-state index contributed by atoms with van der Waals surface area (Å²) in [5, 5.41) is 15.1. The first-order valence-corrected chi connectivity index (χ1v) is 12.2. The minimum absolute atomic E-state index is 0.227. The molecule has 0 saturated carbocycles. The number of phenolic OH excluding ortho intramolecular Hbond substituents is 1. The van der Waals surface area contributed by atoms with Crippen LogP contribution in [0.2, 0.25) is 5.02 Å². The number of aromatic hydroxyl groups is 1. The fraction of sp³-hybridized carbons (Fsp3) is 0.0625. The van der Waals surface area contributed by atoms with Gasteiger partial charge in [-0.25, -0.2) is 0 Å². The summed E-state index contributed by atoms with van der Waals surface area (Å²) in [7, 11) is 1.66. The molecule has 5 aromatic carbocycles. The zero-order chi connectivity index (χ0) is 24.6. The molecule has 6 aromatic rings. The third kappa shape index (κ3) is 3.78. The van der Waals surface area contributed by atoms with Gasteiger partial charge in [-0.1, -0.05) is 84.4 Å². The lowest BCUT2D eigenvalue weighted by Gasteiger charge is -2.23. The first-order valence-electron chi connectivity index (χ1n) is 11.8. The van der Waals surface area contributed by atoms with E-state index in [4.69, 9.17) is 16.3 Å². The highest BCUT2D eigenvalue weighted by molar-refractivity contribution is 6.30. The first-order chi connectivity index (χ1) is 17.6. The molecule has 0 amide bonds. The molecule has 0 fully saturated rings. The molecule has 0 saturated heterocycles. The van der Waals surface area contributed by atoms with Gasteiger partial charge in [0.2, 0.25) is 0 Å². The number of ether oxygens (including phenoxy) is 1. The normalized spacial score (nSPS) is 12.2. The lowest BCUT2D eigenvalue weighted by Crippen LogP contribution is -2.06. The Morgan fingerprint density at radius 2 is 1.53 bits per heavy atom. The Bertz CT molecular complexity index is 1700. The van der Waals surface area contributed by atoms with Gasteiger partial charge in [-0.15, -0.1) is 0 Å². The van der Waals surface area contributed by atoms with Crippen molar-refractivity contribution in [2.75, 3.05) is 7.11 Å². The van der Waals surface area contributed by atoms with Gasteiger partial charge >= 0.3 is 0 Å². The standard InChI is InChI=1S/C32H24ClNO2/c1-36-24-16-14-20-15-17-28(35)30(26(20)19-24)29(22-10-7-11-23(33)18-22)31-25-12-5-6-13-27(25)34-32(31)21-8-3-2-4-9-21/h2-19,29,34-35H,1H3/t29-/m0/s1. The largest absolute Gasteiger partial charge is 0.508 e. The number of fused-ring (bicyclic) bond motifs is 2. The van der Waals surface area contributed by atoms with Crippen LogP contribution in [0.15, 0.2) is 109 Å². The first kappa shape index (κ1) is 22.3. The Labute approximate surface area is 214 Å². The number of benzene rings is 5. The monoisotopic (exact) mass is 489 g/mol. The number of hydrogen-bond donors (Lipinski definition) is 2. The average molecular weight is 490 g/mol. The third-order valence-corrected chi connectivity index (χ3v) is 7.05. The van der Waals surface area contributed by atoms with Gasteiger partial charge in [0.25, 0.3) is 0 Å². The second-order valence-electron chi connectivity index (χ2n) is 8.90. The minimum atomic E-state index is -0.300. The van der Waals surface area contributed by atoms with Gasteiger partial charge < -0.3 is 14.8 Å². The molecule has 0 unspecified atom stereocenters. The molecule has 0 aliphatic heterocycles. The Balaban J connectivity index is 1.76. The van der Waals surface area contributed by atoms with E-state index in [0.717, 1.165) is 55.4 Å². The fourth-order valence-electron chi connectivity index (χ4n) is 5.20. The van der Waals surface area contributed by atoms with Crippen molar-refractivity contribution in [3.63, 3.8) is 0 Å². The number of aromatic nitrogens is 1. The summed E-state index contributed by atoms with van der Waals surface area (Å²) in [6, 6.07) is 36.2. The average Bonchev–Trinajstić information content (AvgIpc) is 3.30. The van der Waals surface area contributed by atoms with Crippen molar-refractivity contribution in [1.82, 2.24) is 4.98 Å². The maximum atomic E-state index is 11.4. The van der Waals surface area contributed by atoms with Crippen molar-refractivity contribution >= 4 is 33.3 Å². The van der Waals surface area contributed by atoms with Crippen LogP contribution in [-0.4, -0.2) is 17.2 Å². The van der Waals surface area contributed by atoms with Crippen LogP contribution in [0.3, 0.4) is 0 Å². The second kappa shape index (κ2) is 9.10. The highest BCUT2D eigenvalue weighted by Gasteiger charge is 2.29. The summed E-state index contributed by atoms with van der Waals surface area (Å²) in [4.78, 5) is 3.67. The van der Waals surface area contributed by atoms with Gasteiger partial charge in [0.15, 0.2) is 0 Å². The number of nitrogens with one attached hydrogen (secondary N) is 1. The van der Waals surface area contributed by atoms with Crippen LogP contribution < -0.4 is 4.74 Å². The number of phenols is 1. The van der Waals surface area contributed by atoms with Crippen molar-refractivity contribution in [1.29, 1.82) is 0 Å². The number of rotatable bonds is 5. The van der Waals surface area contributed by atoms with E-state index in [-0.39, 0.29) is 11.7 Å². The molecule has 0 aliphatic carbocycles. The molecule has 0 spiro atoms. The number of para-hydroxylation sites is 1. The molecule has 0 bridgehead atoms. The van der Waals surface area contributed by atoms with Gasteiger partial charge in [-0.05, 0) is 63.9 Å². The summed E-state index contributed by atoms with van der Waals surface area (Å²) in [5.74, 6) is 0.664. The van der Waals surface area contributed by atoms with Crippen LogP contribution in [0.25, 0.3) is 32.9 Å². The van der Waals surface area contributed by atoms with E-state index in [0.29, 0.717) is 5.02 Å². The molecule has 4 heteroatoms. The van der Waals surface area contributed by atoms with E-state index < -0.39 is 0 Å². The Hall–Kier alpha value is -4.21. The van der Waals surface area contributed by atoms with Crippen LogP contribution in [0, 0.1) is 0 Å². The fourth-order valence-corrected chi connectivity index (χ4v) is 5.40. The molecule has 2 N–H and O–H groups in total. The summed E-state index contributed by atoms with van der Waals surface area (Å²) in [6.45, 7) is 0. The number of halogens is 1. The van der Waals surface area contributed by atoms with E-state index in [9.17, 15) is 5.11 Å². The van der Waals surface area contributed by atoms with Crippen LogP contribution in [0.4, 0.5) is 0 Å². The zero-order valence-corrected chi connectivity index (χ0v) is 20.5. The number of aromatic amines is 1. The van der Waals surface area contributed by atoms with E-state index in [1.807, 2.05) is 66.7 Å². The maximum Gasteiger partial charge on any atom is 0.120 e. The summed E-state index contributed by atoms with van der Waals surface area (Å²) in [6.07, 6.45) is 0. The lowest BCUT2D eigenvalue weighted by atomic mass is 9.80.